The maximum atomic E-state index is 11.5. The molecule has 6 nitrogen and oxygen atoms in total. The SMILES string of the molecule is CC(C)(C)OC(=O)NCCCNc1cccc2cn[nH]c12. The minimum atomic E-state index is -0.460. The zero-order valence-electron chi connectivity index (χ0n) is 12.7. The summed E-state index contributed by atoms with van der Waals surface area (Å²) in [5.41, 5.74) is 1.55. The van der Waals surface area contributed by atoms with Crippen LogP contribution in [-0.2, 0) is 4.74 Å². The van der Waals surface area contributed by atoms with Crippen LogP contribution in [0.15, 0.2) is 24.4 Å². The molecule has 0 radical (unpaired) electrons. The first-order valence-corrected chi connectivity index (χ1v) is 7.08. The predicted octanol–water partition coefficient (Wildman–Crippen LogP) is 2.89. The lowest BCUT2D eigenvalue weighted by Crippen LogP contribution is -2.33. The van der Waals surface area contributed by atoms with Gasteiger partial charge in [-0.3, -0.25) is 5.10 Å². The topological polar surface area (TPSA) is 79.0 Å². The Balaban J connectivity index is 1.71. The molecule has 0 atom stereocenters. The predicted molar refractivity (Wildman–Crippen MR) is 83.4 cm³/mol. The Kier molecular flexibility index (Phi) is 4.67. The van der Waals surface area contributed by atoms with Crippen LogP contribution in [0, 0.1) is 0 Å². The smallest absolute Gasteiger partial charge is 0.407 e. The van der Waals surface area contributed by atoms with E-state index in [-0.39, 0.29) is 6.09 Å². The van der Waals surface area contributed by atoms with Crippen molar-refractivity contribution in [1.29, 1.82) is 0 Å². The number of alkyl carbamates (subject to hydrolysis) is 1. The third kappa shape index (κ3) is 4.66. The number of hydrogen-bond acceptors (Lipinski definition) is 4. The molecule has 0 aliphatic rings. The number of H-pyrrole nitrogens is 1. The number of nitrogens with zero attached hydrogens (tertiary/aromatic N) is 1. The van der Waals surface area contributed by atoms with Crippen molar-refractivity contribution < 1.29 is 9.53 Å². The van der Waals surface area contributed by atoms with Crippen molar-refractivity contribution in [2.75, 3.05) is 18.4 Å². The van der Waals surface area contributed by atoms with Gasteiger partial charge in [0.05, 0.1) is 17.4 Å². The molecule has 3 N–H and O–H groups in total. The van der Waals surface area contributed by atoms with Gasteiger partial charge in [-0.15, -0.1) is 0 Å². The van der Waals surface area contributed by atoms with Gasteiger partial charge in [0.2, 0.25) is 0 Å². The summed E-state index contributed by atoms with van der Waals surface area (Å²) in [4.78, 5) is 11.5. The highest BCUT2D eigenvalue weighted by Gasteiger charge is 2.15. The summed E-state index contributed by atoms with van der Waals surface area (Å²) in [5, 5.41) is 14.1. The van der Waals surface area contributed by atoms with Crippen molar-refractivity contribution in [2.24, 2.45) is 0 Å². The maximum absolute atomic E-state index is 11.5. The molecule has 2 rings (SSSR count). The normalized spacial score (nSPS) is 11.4. The van der Waals surface area contributed by atoms with Gasteiger partial charge < -0.3 is 15.4 Å². The highest BCUT2D eigenvalue weighted by atomic mass is 16.6. The van der Waals surface area contributed by atoms with E-state index in [9.17, 15) is 4.79 Å². The number of ether oxygens (including phenoxy) is 1. The van der Waals surface area contributed by atoms with Gasteiger partial charge in [-0.1, -0.05) is 12.1 Å². The largest absolute Gasteiger partial charge is 0.444 e. The Labute approximate surface area is 124 Å². The fraction of sp³-hybridized carbons (Fsp3) is 0.467. The molecule has 0 bridgehead atoms. The Morgan fingerprint density at radius 3 is 2.90 bits per heavy atom. The second kappa shape index (κ2) is 6.47. The minimum absolute atomic E-state index is 0.377. The second-order valence-electron chi connectivity index (χ2n) is 5.85. The quantitative estimate of drug-likeness (QED) is 0.740. The molecule has 1 aromatic carbocycles. The van der Waals surface area contributed by atoms with Gasteiger partial charge in [-0.05, 0) is 33.3 Å². The number of carbonyl (C=O) groups is 1. The van der Waals surface area contributed by atoms with E-state index in [0.29, 0.717) is 6.54 Å². The Morgan fingerprint density at radius 2 is 2.14 bits per heavy atom. The average molecular weight is 290 g/mol. The van der Waals surface area contributed by atoms with E-state index < -0.39 is 5.60 Å². The van der Waals surface area contributed by atoms with Crippen LogP contribution in [0.3, 0.4) is 0 Å². The van der Waals surface area contributed by atoms with Crippen molar-refractivity contribution in [2.45, 2.75) is 32.8 Å². The third-order valence-corrected chi connectivity index (χ3v) is 2.81. The minimum Gasteiger partial charge on any atom is -0.444 e. The maximum Gasteiger partial charge on any atom is 0.407 e. The van der Waals surface area contributed by atoms with E-state index in [1.54, 1.807) is 6.20 Å². The van der Waals surface area contributed by atoms with E-state index in [4.69, 9.17) is 4.74 Å². The summed E-state index contributed by atoms with van der Waals surface area (Å²) in [6.45, 7) is 6.87. The molecule has 0 saturated heterocycles. The van der Waals surface area contributed by atoms with E-state index in [1.165, 1.54) is 0 Å². The number of aromatic amines is 1. The molecular formula is C15H22N4O2. The number of carbonyl (C=O) groups excluding carboxylic acids is 1. The summed E-state index contributed by atoms with van der Waals surface area (Å²) in [7, 11) is 0. The van der Waals surface area contributed by atoms with E-state index in [1.807, 2.05) is 39.0 Å². The van der Waals surface area contributed by atoms with Crippen LogP contribution in [0.5, 0.6) is 0 Å². The van der Waals surface area contributed by atoms with Gasteiger partial charge in [0.1, 0.15) is 5.60 Å². The molecule has 21 heavy (non-hydrogen) atoms. The van der Waals surface area contributed by atoms with Gasteiger partial charge in [0.15, 0.2) is 0 Å². The molecule has 6 heteroatoms. The lowest BCUT2D eigenvalue weighted by molar-refractivity contribution is 0.0528. The zero-order valence-corrected chi connectivity index (χ0v) is 12.7. The van der Waals surface area contributed by atoms with Gasteiger partial charge in [0.25, 0.3) is 0 Å². The molecule has 1 aromatic heterocycles. The molecule has 1 amide bonds. The van der Waals surface area contributed by atoms with Crippen molar-refractivity contribution in [3.63, 3.8) is 0 Å². The summed E-state index contributed by atoms with van der Waals surface area (Å²) in [6.07, 6.45) is 2.23. The molecule has 0 aliphatic carbocycles. The van der Waals surface area contributed by atoms with Gasteiger partial charge in [-0.2, -0.15) is 5.10 Å². The number of fused-ring (bicyclic) bond motifs is 1. The Bertz CT molecular complexity index is 601. The molecule has 0 unspecified atom stereocenters. The first kappa shape index (κ1) is 15.2. The summed E-state index contributed by atoms with van der Waals surface area (Å²) in [6, 6.07) is 6.00. The number of rotatable bonds is 5. The highest BCUT2D eigenvalue weighted by Crippen LogP contribution is 2.20. The molecule has 0 saturated carbocycles. The molecule has 0 spiro atoms. The number of anilines is 1. The van der Waals surface area contributed by atoms with E-state index in [2.05, 4.69) is 20.8 Å². The molecule has 0 aliphatic heterocycles. The van der Waals surface area contributed by atoms with Crippen LogP contribution in [0.1, 0.15) is 27.2 Å². The number of hydrogen-bond donors (Lipinski definition) is 3. The van der Waals surface area contributed by atoms with Gasteiger partial charge in [-0.25, -0.2) is 4.79 Å². The number of amides is 1. The van der Waals surface area contributed by atoms with Crippen LogP contribution < -0.4 is 10.6 Å². The van der Waals surface area contributed by atoms with Crippen molar-refractivity contribution in [1.82, 2.24) is 15.5 Å². The van der Waals surface area contributed by atoms with Crippen LogP contribution in [0.4, 0.5) is 10.5 Å². The average Bonchev–Trinajstić information content (AvgIpc) is 2.85. The fourth-order valence-electron chi connectivity index (χ4n) is 1.93. The number of para-hydroxylation sites is 1. The molecule has 0 fully saturated rings. The van der Waals surface area contributed by atoms with Crippen LogP contribution in [-0.4, -0.2) is 35.0 Å². The summed E-state index contributed by atoms with van der Waals surface area (Å²) >= 11 is 0. The molecule has 2 aromatic rings. The highest BCUT2D eigenvalue weighted by molar-refractivity contribution is 5.89. The standard InChI is InChI=1S/C15H22N4O2/c1-15(2,3)21-14(20)17-9-5-8-16-12-7-4-6-11-10-18-19-13(11)12/h4,6-7,10,16H,5,8-9H2,1-3H3,(H,17,20)(H,18,19). The summed E-state index contributed by atoms with van der Waals surface area (Å²) in [5.74, 6) is 0. The second-order valence-corrected chi connectivity index (χ2v) is 5.85. The lowest BCUT2D eigenvalue weighted by atomic mass is 10.2. The molecular weight excluding hydrogens is 268 g/mol. The number of nitrogens with one attached hydrogen (secondary N) is 3. The van der Waals surface area contributed by atoms with Crippen LogP contribution in [0.25, 0.3) is 10.9 Å². The monoisotopic (exact) mass is 290 g/mol. The first-order valence-electron chi connectivity index (χ1n) is 7.08. The molecule has 114 valence electrons. The number of benzene rings is 1. The Morgan fingerprint density at radius 1 is 1.33 bits per heavy atom. The van der Waals surface area contributed by atoms with Gasteiger partial charge in [0, 0.05) is 18.5 Å². The van der Waals surface area contributed by atoms with Gasteiger partial charge >= 0.3 is 6.09 Å². The van der Waals surface area contributed by atoms with Crippen molar-refractivity contribution in [3.05, 3.63) is 24.4 Å². The third-order valence-electron chi connectivity index (χ3n) is 2.81. The fourth-order valence-corrected chi connectivity index (χ4v) is 1.93. The lowest BCUT2D eigenvalue weighted by Gasteiger charge is -2.19. The van der Waals surface area contributed by atoms with Crippen molar-refractivity contribution in [3.8, 4) is 0 Å². The Hall–Kier alpha value is -2.24. The zero-order chi connectivity index (χ0) is 15.3. The van der Waals surface area contributed by atoms with Crippen LogP contribution >= 0.6 is 0 Å². The summed E-state index contributed by atoms with van der Waals surface area (Å²) < 4.78 is 5.17. The van der Waals surface area contributed by atoms with Crippen molar-refractivity contribution >= 4 is 22.7 Å². The van der Waals surface area contributed by atoms with E-state index in [0.717, 1.165) is 29.6 Å². The number of aromatic nitrogens is 2. The molecule has 1 heterocycles. The first-order chi connectivity index (χ1) is 9.96. The van der Waals surface area contributed by atoms with E-state index >= 15 is 0 Å². The van der Waals surface area contributed by atoms with Crippen LogP contribution in [0.2, 0.25) is 0 Å².